The van der Waals surface area contributed by atoms with Crippen molar-refractivity contribution in [2.75, 3.05) is 0 Å². The molecule has 0 aromatic heterocycles. The average molecular weight is 380 g/mol. The highest BCUT2D eigenvalue weighted by Gasteiger charge is 2.23. The molecule has 1 atom stereocenters. The summed E-state index contributed by atoms with van der Waals surface area (Å²) < 4.78 is 1.18. The molecule has 0 aliphatic rings. The standard InChI is InChI=1S/C18H21IO/c1-13(2)15-6-4-14(5-7-15)12-18(3,20)16-8-10-17(19)11-9-16/h4-11,13,20H,12H2,1-3H3. The summed E-state index contributed by atoms with van der Waals surface area (Å²) in [6.07, 6.45) is 0.631. The zero-order valence-corrected chi connectivity index (χ0v) is 14.4. The third-order valence-corrected chi connectivity index (χ3v) is 4.38. The van der Waals surface area contributed by atoms with Gasteiger partial charge < -0.3 is 5.11 Å². The van der Waals surface area contributed by atoms with Crippen molar-refractivity contribution >= 4 is 22.6 Å². The number of aliphatic hydroxyl groups is 1. The molecule has 2 aromatic rings. The molecule has 0 bridgehead atoms. The largest absolute Gasteiger partial charge is 0.385 e. The van der Waals surface area contributed by atoms with Crippen LogP contribution in [-0.4, -0.2) is 5.11 Å². The smallest absolute Gasteiger partial charge is 0.0908 e. The second-order valence-corrected chi connectivity index (χ2v) is 7.10. The van der Waals surface area contributed by atoms with Crippen molar-refractivity contribution in [3.05, 3.63) is 68.8 Å². The molecule has 0 aliphatic heterocycles. The van der Waals surface area contributed by atoms with E-state index in [1.165, 1.54) is 9.13 Å². The van der Waals surface area contributed by atoms with Crippen molar-refractivity contribution in [3.63, 3.8) is 0 Å². The summed E-state index contributed by atoms with van der Waals surface area (Å²) >= 11 is 2.28. The van der Waals surface area contributed by atoms with Crippen LogP contribution in [0.2, 0.25) is 0 Å². The number of benzene rings is 2. The molecule has 0 saturated heterocycles. The lowest BCUT2D eigenvalue weighted by atomic mass is 9.88. The first-order valence-electron chi connectivity index (χ1n) is 6.96. The quantitative estimate of drug-likeness (QED) is 0.751. The van der Waals surface area contributed by atoms with Crippen LogP contribution in [0, 0.1) is 3.57 Å². The van der Waals surface area contributed by atoms with Gasteiger partial charge in [-0.15, -0.1) is 0 Å². The van der Waals surface area contributed by atoms with Crippen LogP contribution in [0.15, 0.2) is 48.5 Å². The van der Waals surface area contributed by atoms with E-state index >= 15 is 0 Å². The minimum absolute atomic E-state index is 0.542. The second-order valence-electron chi connectivity index (χ2n) is 5.85. The third kappa shape index (κ3) is 3.83. The lowest BCUT2D eigenvalue weighted by Gasteiger charge is -2.24. The van der Waals surface area contributed by atoms with E-state index in [0.29, 0.717) is 12.3 Å². The molecule has 2 heteroatoms. The molecular weight excluding hydrogens is 359 g/mol. The lowest BCUT2D eigenvalue weighted by molar-refractivity contribution is 0.0576. The van der Waals surface area contributed by atoms with E-state index in [1.54, 1.807) is 0 Å². The minimum atomic E-state index is -0.830. The van der Waals surface area contributed by atoms with E-state index in [1.807, 2.05) is 31.2 Å². The molecule has 1 N–H and O–H groups in total. The average Bonchev–Trinajstić information content (AvgIpc) is 2.39. The van der Waals surface area contributed by atoms with Gasteiger partial charge in [-0.05, 0) is 64.3 Å². The van der Waals surface area contributed by atoms with Crippen molar-refractivity contribution in [3.8, 4) is 0 Å². The number of rotatable bonds is 4. The minimum Gasteiger partial charge on any atom is -0.385 e. The van der Waals surface area contributed by atoms with Crippen LogP contribution in [-0.2, 0) is 12.0 Å². The Morgan fingerprint density at radius 3 is 2.05 bits per heavy atom. The van der Waals surface area contributed by atoms with Gasteiger partial charge in [0.25, 0.3) is 0 Å². The molecule has 0 saturated carbocycles. The Morgan fingerprint density at radius 1 is 1.00 bits per heavy atom. The second kappa shape index (κ2) is 6.27. The van der Waals surface area contributed by atoms with E-state index in [-0.39, 0.29) is 0 Å². The third-order valence-electron chi connectivity index (χ3n) is 3.66. The zero-order valence-electron chi connectivity index (χ0n) is 12.2. The molecule has 0 radical (unpaired) electrons. The predicted octanol–water partition coefficient (Wildman–Crippen LogP) is 4.86. The fourth-order valence-corrected chi connectivity index (χ4v) is 2.69. The first-order chi connectivity index (χ1) is 9.38. The molecule has 2 rings (SSSR count). The predicted molar refractivity (Wildman–Crippen MR) is 93.0 cm³/mol. The van der Waals surface area contributed by atoms with Gasteiger partial charge in [0.15, 0.2) is 0 Å². The van der Waals surface area contributed by atoms with Gasteiger partial charge in [0, 0.05) is 9.99 Å². The Bertz CT molecular complexity index is 553. The molecular formula is C18H21IO. The number of hydrogen-bond donors (Lipinski definition) is 1. The summed E-state index contributed by atoms with van der Waals surface area (Å²) in [5.74, 6) is 0.542. The molecule has 0 amide bonds. The fraction of sp³-hybridized carbons (Fsp3) is 0.333. The van der Waals surface area contributed by atoms with Crippen LogP contribution in [0.25, 0.3) is 0 Å². The molecule has 1 nitrogen and oxygen atoms in total. The summed E-state index contributed by atoms with van der Waals surface area (Å²) in [5.41, 5.74) is 2.63. The summed E-state index contributed by atoms with van der Waals surface area (Å²) in [7, 11) is 0. The maximum atomic E-state index is 10.7. The number of hydrogen-bond acceptors (Lipinski definition) is 1. The monoisotopic (exact) mass is 380 g/mol. The molecule has 0 aliphatic carbocycles. The molecule has 0 heterocycles. The van der Waals surface area contributed by atoms with Gasteiger partial charge in [-0.1, -0.05) is 50.2 Å². The Balaban J connectivity index is 2.17. The van der Waals surface area contributed by atoms with Crippen LogP contribution in [0.4, 0.5) is 0 Å². The number of halogens is 1. The molecule has 106 valence electrons. The van der Waals surface area contributed by atoms with Gasteiger partial charge in [0.05, 0.1) is 5.60 Å². The first-order valence-corrected chi connectivity index (χ1v) is 8.03. The van der Waals surface area contributed by atoms with Gasteiger partial charge in [0.1, 0.15) is 0 Å². The maximum Gasteiger partial charge on any atom is 0.0908 e. The Labute approximate surface area is 135 Å². The van der Waals surface area contributed by atoms with Gasteiger partial charge in [-0.2, -0.15) is 0 Å². The topological polar surface area (TPSA) is 20.2 Å². The van der Waals surface area contributed by atoms with Crippen LogP contribution in [0.1, 0.15) is 43.4 Å². The Kier molecular flexibility index (Phi) is 4.86. The lowest BCUT2D eigenvalue weighted by Crippen LogP contribution is -2.24. The van der Waals surface area contributed by atoms with Crippen LogP contribution < -0.4 is 0 Å². The Morgan fingerprint density at radius 2 is 1.55 bits per heavy atom. The van der Waals surface area contributed by atoms with Crippen LogP contribution >= 0.6 is 22.6 Å². The van der Waals surface area contributed by atoms with E-state index in [2.05, 4.69) is 60.7 Å². The van der Waals surface area contributed by atoms with Gasteiger partial charge >= 0.3 is 0 Å². The van der Waals surface area contributed by atoms with Crippen molar-refractivity contribution < 1.29 is 5.11 Å². The van der Waals surface area contributed by atoms with Crippen molar-refractivity contribution in [2.24, 2.45) is 0 Å². The molecule has 2 aromatic carbocycles. The molecule has 1 unspecified atom stereocenters. The highest BCUT2D eigenvalue weighted by molar-refractivity contribution is 14.1. The normalized spacial score (nSPS) is 14.3. The zero-order chi connectivity index (χ0) is 14.8. The van der Waals surface area contributed by atoms with Crippen molar-refractivity contribution in [1.29, 1.82) is 0 Å². The van der Waals surface area contributed by atoms with Gasteiger partial charge in [-0.25, -0.2) is 0 Å². The summed E-state index contributed by atoms with van der Waals surface area (Å²) in [4.78, 5) is 0. The van der Waals surface area contributed by atoms with E-state index in [0.717, 1.165) is 11.1 Å². The van der Waals surface area contributed by atoms with E-state index < -0.39 is 5.60 Å². The summed E-state index contributed by atoms with van der Waals surface area (Å²) in [6, 6.07) is 16.6. The van der Waals surface area contributed by atoms with Gasteiger partial charge in [-0.3, -0.25) is 0 Å². The van der Waals surface area contributed by atoms with Crippen LogP contribution in [0.5, 0.6) is 0 Å². The molecule has 20 heavy (non-hydrogen) atoms. The summed E-state index contributed by atoms with van der Waals surface area (Å²) in [6.45, 7) is 6.26. The Hall–Kier alpha value is -0.870. The van der Waals surface area contributed by atoms with Crippen molar-refractivity contribution in [2.45, 2.75) is 38.7 Å². The van der Waals surface area contributed by atoms with Crippen LogP contribution in [0.3, 0.4) is 0 Å². The fourth-order valence-electron chi connectivity index (χ4n) is 2.33. The first kappa shape index (κ1) is 15.5. The van der Waals surface area contributed by atoms with E-state index in [4.69, 9.17) is 0 Å². The highest BCUT2D eigenvalue weighted by atomic mass is 127. The molecule has 0 spiro atoms. The van der Waals surface area contributed by atoms with E-state index in [9.17, 15) is 5.11 Å². The molecule has 0 fully saturated rings. The van der Waals surface area contributed by atoms with Gasteiger partial charge in [0.2, 0.25) is 0 Å². The highest BCUT2D eigenvalue weighted by Crippen LogP contribution is 2.26. The maximum absolute atomic E-state index is 10.7. The summed E-state index contributed by atoms with van der Waals surface area (Å²) in [5, 5.41) is 10.7. The SMILES string of the molecule is CC(C)c1ccc(CC(C)(O)c2ccc(I)cc2)cc1. The van der Waals surface area contributed by atoms with Crippen molar-refractivity contribution in [1.82, 2.24) is 0 Å².